The molecule has 1 amide bonds. The molecule has 13 heteroatoms. The highest BCUT2D eigenvalue weighted by Crippen LogP contribution is 2.21. The molecule has 1 unspecified atom stereocenters. The van der Waals surface area contributed by atoms with Gasteiger partial charge in [0.15, 0.2) is 0 Å². The van der Waals surface area contributed by atoms with Gasteiger partial charge in [0.2, 0.25) is 10.0 Å². The van der Waals surface area contributed by atoms with E-state index in [1.165, 1.54) is 24.3 Å². The molecular formula is C25H35N7O5S. The number of hydrogen-bond acceptors (Lipinski definition) is 8. The van der Waals surface area contributed by atoms with Crippen LogP contribution in [0.3, 0.4) is 0 Å². The summed E-state index contributed by atoms with van der Waals surface area (Å²) in [5, 5.41) is 9.48. The minimum atomic E-state index is -4.11. The number of nitrogens with one attached hydrogen (secondary N) is 1. The average molecular weight is 546 g/mol. The van der Waals surface area contributed by atoms with Gasteiger partial charge in [-0.25, -0.2) is 13.2 Å². The Hall–Kier alpha value is -3.67. The van der Waals surface area contributed by atoms with E-state index in [1.807, 2.05) is 30.3 Å². The highest BCUT2D eigenvalue weighted by Gasteiger charge is 2.34. The van der Waals surface area contributed by atoms with Crippen molar-refractivity contribution < 1.29 is 17.9 Å². The largest absolute Gasteiger partial charge is 0.444 e. The number of carbonyl (C=O) groups is 1. The molecule has 3 N–H and O–H groups in total. The second-order valence-corrected chi connectivity index (χ2v) is 12.0. The highest BCUT2D eigenvalue weighted by molar-refractivity contribution is 7.89. The van der Waals surface area contributed by atoms with E-state index in [4.69, 9.17) is 16.0 Å². The van der Waals surface area contributed by atoms with Crippen LogP contribution in [0.25, 0.3) is 10.4 Å². The fourth-order valence-corrected chi connectivity index (χ4v) is 5.27. The first-order chi connectivity index (χ1) is 17.9. The van der Waals surface area contributed by atoms with Crippen molar-refractivity contribution in [3.05, 3.63) is 75.5 Å². The highest BCUT2D eigenvalue weighted by atomic mass is 32.2. The van der Waals surface area contributed by atoms with Crippen LogP contribution >= 0.6 is 0 Å². The van der Waals surface area contributed by atoms with Gasteiger partial charge in [-0.3, -0.25) is 0 Å². The van der Waals surface area contributed by atoms with Crippen LogP contribution in [0.5, 0.6) is 0 Å². The summed E-state index contributed by atoms with van der Waals surface area (Å²) in [6, 6.07) is 12.8. The van der Waals surface area contributed by atoms with Gasteiger partial charge in [-0.1, -0.05) is 47.5 Å². The SMILES string of the molecule is CC(CN=[N+]=[N-])CN(C[C@@H](N=O)[C@H](Cc1ccccc1)NC(=O)OC(C)(C)C)S(=O)(=O)c1ccc(N)cc1. The van der Waals surface area contributed by atoms with Crippen LogP contribution in [-0.2, 0) is 21.2 Å². The van der Waals surface area contributed by atoms with Crippen LogP contribution in [0.1, 0.15) is 33.3 Å². The molecule has 38 heavy (non-hydrogen) atoms. The van der Waals surface area contributed by atoms with E-state index >= 15 is 0 Å². The predicted octanol–water partition coefficient (Wildman–Crippen LogP) is 4.48. The van der Waals surface area contributed by atoms with Gasteiger partial charge in [-0.15, -0.1) is 0 Å². The van der Waals surface area contributed by atoms with Crippen LogP contribution < -0.4 is 11.1 Å². The number of anilines is 1. The monoisotopic (exact) mass is 545 g/mol. The Balaban J connectivity index is 2.43. The average Bonchev–Trinajstić information content (AvgIpc) is 2.84. The first-order valence-electron chi connectivity index (χ1n) is 12.1. The zero-order valence-electron chi connectivity index (χ0n) is 22.0. The summed E-state index contributed by atoms with van der Waals surface area (Å²) in [7, 11) is -4.11. The van der Waals surface area contributed by atoms with Crippen LogP contribution in [0.2, 0.25) is 0 Å². The molecule has 2 aromatic rings. The summed E-state index contributed by atoms with van der Waals surface area (Å²) in [4.78, 5) is 27.5. The number of nitrogen functional groups attached to an aromatic ring is 1. The zero-order chi connectivity index (χ0) is 28.3. The maximum Gasteiger partial charge on any atom is 0.407 e. The third-order valence-corrected chi connectivity index (χ3v) is 7.33. The van der Waals surface area contributed by atoms with Crippen molar-refractivity contribution >= 4 is 21.8 Å². The van der Waals surface area contributed by atoms with E-state index in [1.54, 1.807) is 27.7 Å². The molecule has 2 aromatic carbocycles. The summed E-state index contributed by atoms with van der Waals surface area (Å²) in [6.45, 7) is 6.52. The molecule has 0 aliphatic rings. The molecule has 0 aromatic heterocycles. The van der Waals surface area contributed by atoms with Gasteiger partial charge in [0, 0.05) is 30.2 Å². The third-order valence-electron chi connectivity index (χ3n) is 5.48. The van der Waals surface area contributed by atoms with Crippen LogP contribution in [-0.4, -0.2) is 56.1 Å². The first-order valence-corrected chi connectivity index (χ1v) is 13.5. The number of amides is 1. The molecule has 206 valence electrons. The number of nitrogens with two attached hydrogens (primary N) is 1. The summed E-state index contributed by atoms with van der Waals surface area (Å²) < 4.78 is 33.7. The molecule has 3 atom stereocenters. The Bertz CT molecular complexity index is 1210. The Kier molecular flexibility index (Phi) is 11.1. The molecule has 0 heterocycles. The lowest BCUT2D eigenvalue weighted by atomic mass is 9.99. The van der Waals surface area contributed by atoms with E-state index in [0.29, 0.717) is 5.69 Å². The van der Waals surface area contributed by atoms with Gasteiger partial charge in [0.1, 0.15) is 11.6 Å². The Labute approximate surface area is 223 Å². The van der Waals surface area contributed by atoms with Crippen LogP contribution in [0.4, 0.5) is 10.5 Å². The lowest BCUT2D eigenvalue weighted by Gasteiger charge is -2.31. The number of alkyl carbamates (subject to hydrolysis) is 1. The summed E-state index contributed by atoms with van der Waals surface area (Å²) in [5.41, 5.74) is 14.8. The fourth-order valence-electron chi connectivity index (χ4n) is 3.69. The van der Waals surface area contributed by atoms with Crippen molar-refractivity contribution in [2.75, 3.05) is 25.4 Å². The Morgan fingerprint density at radius 3 is 2.32 bits per heavy atom. The van der Waals surface area contributed by atoms with E-state index < -0.39 is 33.8 Å². The van der Waals surface area contributed by atoms with Gasteiger partial charge in [0.05, 0.1) is 10.9 Å². The van der Waals surface area contributed by atoms with Gasteiger partial charge >= 0.3 is 6.09 Å². The summed E-state index contributed by atoms with van der Waals surface area (Å²) in [5.74, 6) is -0.367. The van der Waals surface area contributed by atoms with Crippen molar-refractivity contribution in [1.29, 1.82) is 0 Å². The number of benzene rings is 2. The number of nitroso groups, excluding NO2 is 1. The third kappa shape index (κ3) is 9.66. The number of ether oxygens (including phenoxy) is 1. The molecule has 0 saturated heterocycles. The summed E-state index contributed by atoms with van der Waals surface area (Å²) >= 11 is 0. The standard InChI is InChI=1S/C25H35N7O5S/c1-18(15-28-31-27)16-32(38(35,36)21-12-10-20(26)11-13-21)17-23(30-34)22(14-19-8-6-5-7-9-19)29-24(33)37-25(2,3)4/h5-13,18,22-23H,14-17,26H2,1-4H3,(H,29,33)/t18?,22-,23+/m0/s1. The van der Waals surface area contributed by atoms with Crippen molar-refractivity contribution in [2.24, 2.45) is 16.2 Å². The molecule has 2 rings (SSSR count). The van der Waals surface area contributed by atoms with Crippen molar-refractivity contribution in [3.8, 4) is 0 Å². The lowest BCUT2D eigenvalue weighted by Crippen LogP contribution is -2.51. The maximum absolute atomic E-state index is 13.6. The van der Waals surface area contributed by atoms with Gasteiger partial charge in [0.25, 0.3) is 0 Å². The van der Waals surface area contributed by atoms with E-state index in [9.17, 15) is 18.1 Å². The van der Waals surface area contributed by atoms with Crippen molar-refractivity contribution in [3.63, 3.8) is 0 Å². The second kappa shape index (κ2) is 13.8. The minimum absolute atomic E-state index is 0.0213. The van der Waals surface area contributed by atoms with E-state index in [2.05, 4.69) is 20.5 Å². The number of carbonyl (C=O) groups excluding carboxylic acids is 1. The predicted molar refractivity (Wildman–Crippen MR) is 146 cm³/mol. The Morgan fingerprint density at radius 1 is 1.13 bits per heavy atom. The molecule has 0 spiro atoms. The van der Waals surface area contributed by atoms with E-state index in [-0.39, 0.29) is 36.9 Å². The van der Waals surface area contributed by atoms with Crippen LogP contribution in [0, 0.1) is 10.8 Å². The number of hydrogen-bond donors (Lipinski definition) is 2. The molecular weight excluding hydrogens is 510 g/mol. The topological polar surface area (TPSA) is 180 Å². The maximum atomic E-state index is 13.6. The number of sulfonamides is 1. The van der Waals surface area contributed by atoms with Crippen molar-refractivity contribution in [2.45, 2.75) is 56.7 Å². The molecule has 0 fully saturated rings. The Morgan fingerprint density at radius 2 is 1.76 bits per heavy atom. The van der Waals surface area contributed by atoms with Crippen molar-refractivity contribution in [1.82, 2.24) is 9.62 Å². The summed E-state index contributed by atoms with van der Waals surface area (Å²) in [6.07, 6.45) is -0.544. The van der Waals surface area contributed by atoms with Gasteiger partial charge < -0.3 is 15.8 Å². The molecule has 0 radical (unpaired) electrons. The molecule has 0 aliphatic carbocycles. The van der Waals surface area contributed by atoms with Gasteiger partial charge in [-0.05, 0) is 68.5 Å². The molecule has 0 saturated carbocycles. The molecule has 12 nitrogen and oxygen atoms in total. The number of rotatable bonds is 13. The lowest BCUT2D eigenvalue weighted by molar-refractivity contribution is 0.0494. The smallest absolute Gasteiger partial charge is 0.407 e. The second-order valence-electron chi connectivity index (χ2n) is 10.0. The first kappa shape index (κ1) is 30.6. The minimum Gasteiger partial charge on any atom is -0.444 e. The number of azide groups is 1. The quantitative estimate of drug-likeness (QED) is 0.123. The fraction of sp³-hybridized carbons (Fsp3) is 0.480. The normalized spacial score (nSPS) is 14.1. The van der Waals surface area contributed by atoms with Gasteiger partial charge in [-0.2, -0.15) is 9.21 Å². The van der Waals surface area contributed by atoms with E-state index in [0.717, 1.165) is 9.87 Å². The molecule has 0 aliphatic heterocycles. The zero-order valence-corrected chi connectivity index (χ0v) is 22.8. The van der Waals surface area contributed by atoms with Crippen LogP contribution in [0.15, 0.2) is 69.8 Å². The molecule has 0 bridgehead atoms. The number of nitrogens with zero attached hydrogens (tertiary/aromatic N) is 5.